The lowest BCUT2D eigenvalue weighted by Crippen LogP contribution is -2.46. The zero-order valence-corrected chi connectivity index (χ0v) is 24.6. The van der Waals surface area contributed by atoms with Gasteiger partial charge in [-0.15, -0.1) is 0 Å². The second-order valence-electron chi connectivity index (χ2n) is 11.5. The van der Waals surface area contributed by atoms with Gasteiger partial charge in [0, 0.05) is 11.3 Å². The number of aromatic nitrogens is 2. The predicted molar refractivity (Wildman–Crippen MR) is 173 cm³/mol. The Bertz CT molecular complexity index is 1860. The van der Waals surface area contributed by atoms with Crippen molar-refractivity contribution in [2.75, 3.05) is 10.2 Å². The fourth-order valence-electron chi connectivity index (χ4n) is 5.92. The molecule has 0 spiro atoms. The summed E-state index contributed by atoms with van der Waals surface area (Å²) in [5.74, 6) is 2.78. The van der Waals surface area contributed by atoms with E-state index in [0.717, 1.165) is 57.1 Å². The zero-order chi connectivity index (χ0) is 29.0. The number of hydrogen-bond donors (Lipinski definition) is 1. The minimum absolute atomic E-state index is 0.141. The molecule has 208 valence electrons. The van der Waals surface area contributed by atoms with Gasteiger partial charge in [-0.3, -0.25) is 0 Å². The number of rotatable bonds is 4. The third-order valence-electron chi connectivity index (χ3n) is 8.20. The Kier molecular flexibility index (Phi) is 6.27. The average Bonchev–Trinajstić information content (AvgIpc) is 3.34. The molecule has 1 N–H and O–H groups in total. The van der Waals surface area contributed by atoms with Crippen molar-refractivity contribution in [2.45, 2.75) is 46.6 Å². The molecule has 0 amide bonds. The van der Waals surface area contributed by atoms with E-state index in [2.05, 4.69) is 118 Å². The van der Waals surface area contributed by atoms with Gasteiger partial charge in [0.05, 0.1) is 28.8 Å². The molecule has 2 aliphatic heterocycles. The van der Waals surface area contributed by atoms with Crippen molar-refractivity contribution >= 4 is 34.6 Å². The quantitative estimate of drug-likeness (QED) is 0.243. The highest BCUT2D eigenvalue weighted by Gasteiger charge is 2.41. The molecule has 0 saturated carbocycles. The number of benzene rings is 4. The van der Waals surface area contributed by atoms with Crippen molar-refractivity contribution in [3.05, 3.63) is 131 Å². The second kappa shape index (κ2) is 10.1. The minimum Gasteiger partial charge on any atom is -0.337 e. The predicted octanol–water partition coefficient (Wildman–Crippen LogP) is 8.72. The highest BCUT2D eigenvalue weighted by Crippen LogP contribution is 2.48. The number of aryl methyl sites for hydroxylation is 3. The van der Waals surface area contributed by atoms with Gasteiger partial charge in [0.1, 0.15) is 0 Å². The van der Waals surface area contributed by atoms with Crippen LogP contribution in [0.1, 0.15) is 59.3 Å². The molecule has 0 unspecified atom stereocenters. The molecule has 1 aromatic heterocycles. The van der Waals surface area contributed by atoms with Crippen molar-refractivity contribution in [1.29, 1.82) is 0 Å². The Morgan fingerprint density at radius 3 is 2.29 bits per heavy atom. The zero-order valence-electron chi connectivity index (χ0n) is 24.6. The van der Waals surface area contributed by atoms with E-state index in [1.807, 2.05) is 28.9 Å². The molecule has 6 nitrogen and oxygen atoms in total. The van der Waals surface area contributed by atoms with E-state index in [4.69, 9.17) is 15.1 Å². The summed E-state index contributed by atoms with van der Waals surface area (Å²) in [5.41, 5.74) is 10.8. The summed E-state index contributed by atoms with van der Waals surface area (Å²) in [6.45, 7) is 10.8. The first-order chi connectivity index (χ1) is 20.4. The maximum atomic E-state index is 5.36. The summed E-state index contributed by atoms with van der Waals surface area (Å²) in [4.78, 5) is 12.9. The summed E-state index contributed by atoms with van der Waals surface area (Å²) < 4.78 is 1.97. The molecule has 0 aliphatic carbocycles. The van der Waals surface area contributed by atoms with E-state index in [1.165, 1.54) is 16.7 Å². The Morgan fingerprint density at radius 1 is 0.786 bits per heavy atom. The Morgan fingerprint density at radius 2 is 1.52 bits per heavy atom. The third-order valence-corrected chi connectivity index (χ3v) is 8.20. The lowest BCUT2D eigenvalue weighted by molar-refractivity contribution is 0.810. The maximum Gasteiger partial charge on any atom is 0.179 e. The van der Waals surface area contributed by atoms with Crippen LogP contribution in [0.5, 0.6) is 0 Å². The van der Waals surface area contributed by atoms with Crippen molar-refractivity contribution in [3.63, 3.8) is 0 Å². The lowest BCUT2D eigenvalue weighted by atomic mass is 9.91. The number of nitrogens with one attached hydrogen (secondary N) is 1. The molecule has 1 atom stereocenters. The molecule has 6 heteroatoms. The number of fused-ring (bicyclic) bond motifs is 4. The van der Waals surface area contributed by atoms with Gasteiger partial charge in [-0.25, -0.2) is 14.7 Å². The summed E-state index contributed by atoms with van der Waals surface area (Å²) in [6, 6.07) is 33.9. The number of aliphatic imine (C=N–C) groups is 2. The summed E-state index contributed by atoms with van der Waals surface area (Å²) in [7, 11) is 0. The van der Waals surface area contributed by atoms with Gasteiger partial charge in [0.25, 0.3) is 0 Å². The Balaban J connectivity index is 1.49. The molecule has 7 rings (SSSR count). The van der Waals surface area contributed by atoms with Crippen LogP contribution >= 0.6 is 0 Å². The van der Waals surface area contributed by atoms with E-state index in [0.29, 0.717) is 5.92 Å². The smallest absolute Gasteiger partial charge is 0.179 e. The fourth-order valence-corrected chi connectivity index (χ4v) is 5.92. The highest BCUT2D eigenvalue weighted by molar-refractivity contribution is 6.51. The molecular weight excluding hydrogens is 516 g/mol. The van der Waals surface area contributed by atoms with Gasteiger partial charge in [-0.05, 0) is 79.3 Å². The van der Waals surface area contributed by atoms with Crippen molar-refractivity contribution in [3.8, 4) is 5.69 Å². The van der Waals surface area contributed by atoms with E-state index in [1.54, 1.807) is 0 Å². The van der Waals surface area contributed by atoms with Crippen molar-refractivity contribution in [1.82, 2.24) is 9.78 Å². The van der Waals surface area contributed by atoms with Gasteiger partial charge in [0.15, 0.2) is 17.5 Å². The minimum atomic E-state index is -0.141. The van der Waals surface area contributed by atoms with Gasteiger partial charge >= 0.3 is 0 Å². The number of amidine groups is 2. The van der Waals surface area contributed by atoms with Crippen LogP contribution in [-0.2, 0) is 0 Å². The third kappa shape index (κ3) is 4.31. The normalized spacial score (nSPS) is 15.5. The van der Waals surface area contributed by atoms with Gasteiger partial charge < -0.3 is 10.2 Å². The number of anilines is 2. The topological polar surface area (TPSA) is 57.8 Å². The molecular formula is C36H34N6. The first kappa shape index (κ1) is 26.0. The maximum absolute atomic E-state index is 5.36. The molecule has 0 fully saturated rings. The molecule has 0 saturated heterocycles. The van der Waals surface area contributed by atoms with Crippen LogP contribution in [0.2, 0.25) is 0 Å². The lowest BCUT2D eigenvalue weighted by Gasteiger charge is -2.40. The van der Waals surface area contributed by atoms with Crippen LogP contribution in [0.25, 0.3) is 5.69 Å². The number of hydrogen-bond acceptors (Lipinski definition) is 5. The van der Waals surface area contributed by atoms with Crippen molar-refractivity contribution < 1.29 is 0 Å². The molecule has 0 bridgehead atoms. The average molecular weight is 551 g/mol. The second-order valence-corrected chi connectivity index (χ2v) is 11.5. The van der Waals surface area contributed by atoms with Crippen LogP contribution in [0.15, 0.2) is 107 Å². The van der Waals surface area contributed by atoms with E-state index in [-0.39, 0.29) is 6.04 Å². The first-order valence-corrected chi connectivity index (χ1v) is 14.5. The van der Waals surface area contributed by atoms with Crippen LogP contribution < -0.4 is 10.2 Å². The van der Waals surface area contributed by atoms with Crippen LogP contribution in [0, 0.1) is 20.8 Å². The highest BCUT2D eigenvalue weighted by atomic mass is 15.4. The summed E-state index contributed by atoms with van der Waals surface area (Å²) in [6.07, 6.45) is 0. The van der Waals surface area contributed by atoms with Crippen LogP contribution in [0.4, 0.5) is 22.9 Å². The number of para-hydroxylation sites is 3. The van der Waals surface area contributed by atoms with Crippen LogP contribution in [-0.4, -0.2) is 21.5 Å². The fraction of sp³-hybridized carbons (Fsp3) is 0.194. The number of nitrogens with zero attached hydrogens (tertiary/aromatic N) is 5. The van der Waals surface area contributed by atoms with Gasteiger partial charge in [0.2, 0.25) is 0 Å². The molecule has 3 heterocycles. The van der Waals surface area contributed by atoms with Crippen molar-refractivity contribution in [2.24, 2.45) is 9.98 Å². The SMILES string of the molecule is Cc1ccc(C)c(NC2=Nc3ccccc3N3C2=Nc2c(c(C)nn2-c2ccccc2)[C@H]3c2ccc(C(C)C)cc2)c1. The summed E-state index contributed by atoms with van der Waals surface area (Å²) in [5, 5.41) is 8.73. The molecule has 0 radical (unpaired) electrons. The molecule has 42 heavy (non-hydrogen) atoms. The summed E-state index contributed by atoms with van der Waals surface area (Å²) >= 11 is 0. The van der Waals surface area contributed by atoms with Gasteiger partial charge in [-0.2, -0.15) is 5.10 Å². The van der Waals surface area contributed by atoms with E-state index < -0.39 is 0 Å². The Labute approximate surface area is 247 Å². The molecule has 2 aliphatic rings. The first-order valence-electron chi connectivity index (χ1n) is 14.5. The standard InChI is InChI=1S/C36H34N6/c1-22(2)26-17-19-27(20-18-26)33-32-25(5)40-42(28-11-7-6-8-12-28)35(32)39-36-34(38-30-21-23(3)15-16-24(30)4)37-29-13-9-10-14-31(29)41(33)36/h6-22,33H,1-5H3,(H,37,38)/t33-/m1/s1. The Hall–Kier alpha value is -4.97. The van der Waals surface area contributed by atoms with E-state index >= 15 is 0 Å². The van der Waals surface area contributed by atoms with Gasteiger partial charge in [-0.1, -0.05) is 80.6 Å². The molecule has 5 aromatic rings. The monoisotopic (exact) mass is 550 g/mol. The largest absolute Gasteiger partial charge is 0.337 e. The van der Waals surface area contributed by atoms with E-state index in [9.17, 15) is 0 Å². The molecule has 4 aromatic carbocycles. The van der Waals surface area contributed by atoms with Crippen LogP contribution in [0.3, 0.4) is 0 Å².